The summed E-state index contributed by atoms with van der Waals surface area (Å²) in [6, 6.07) is 29.0. The van der Waals surface area contributed by atoms with Crippen molar-refractivity contribution in [3.05, 3.63) is 124 Å². The molecule has 0 saturated heterocycles. The molecular formula is C30H28BrN3O4S. The summed E-state index contributed by atoms with van der Waals surface area (Å²) in [5.74, 6) is -0.954. The van der Waals surface area contributed by atoms with Gasteiger partial charge in [0.15, 0.2) is 0 Å². The molecular weight excluding hydrogens is 578 g/mol. The third-order valence-electron chi connectivity index (χ3n) is 6.10. The first kappa shape index (κ1) is 28.1. The fourth-order valence-electron chi connectivity index (χ4n) is 3.97. The van der Waals surface area contributed by atoms with Crippen LogP contribution in [0.25, 0.3) is 0 Å². The molecule has 0 saturated carbocycles. The maximum absolute atomic E-state index is 13.6. The van der Waals surface area contributed by atoms with E-state index in [-0.39, 0.29) is 28.1 Å². The minimum absolute atomic E-state index is 0.0681. The highest BCUT2D eigenvalue weighted by molar-refractivity contribution is 9.10. The molecule has 0 spiro atoms. The Morgan fingerprint density at radius 3 is 2.13 bits per heavy atom. The lowest BCUT2D eigenvalue weighted by molar-refractivity contribution is -0.114. The van der Waals surface area contributed by atoms with Crippen LogP contribution in [0.1, 0.15) is 34.5 Å². The summed E-state index contributed by atoms with van der Waals surface area (Å²) < 4.78 is 29.1. The number of anilines is 2. The highest BCUT2D eigenvalue weighted by Gasteiger charge is 2.28. The second-order valence-electron chi connectivity index (χ2n) is 9.00. The number of carbonyl (C=O) groups is 2. The van der Waals surface area contributed by atoms with E-state index in [4.69, 9.17) is 0 Å². The van der Waals surface area contributed by atoms with Crippen molar-refractivity contribution in [3.8, 4) is 0 Å². The molecule has 0 heterocycles. The van der Waals surface area contributed by atoms with Crippen LogP contribution in [0, 0.1) is 6.92 Å². The average molecular weight is 607 g/mol. The largest absolute Gasteiger partial charge is 0.345 e. The van der Waals surface area contributed by atoms with E-state index in [0.29, 0.717) is 5.69 Å². The summed E-state index contributed by atoms with van der Waals surface area (Å²) in [4.78, 5) is 26.4. The van der Waals surface area contributed by atoms with Crippen LogP contribution in [0.3, 0.4) is 0 Å². The Labute approximate surface area is 237 Å². The fraction of sp³-hybridized carbons (Fsp3) is 0.133. The van der Waals surface area contributed by atoms with Crippen molar-refractivity contribution < 1.29 is 18.0 Å². The molecule has 0 aliphatic heterocycles. The van der Waals surface area contributed by atoms with Crippen LogP contribution < -0.4 is 14.9 Å². The number of nitrogens with zero attached hydrogens (tertiary/aromatic N) is 1. The first-order chi connectivity index (χ1) is 18.6. The SMILES string of the molecule is Cc1ccc(S(=O)(=O)N(CC(=O)Nc2ccccc2C(=O)N[C@H](C)c2ccccc2)c2ccc(Br)cc2)cc1. The lowest BCUT2D eigenvalue weighted by Crippen LogP contribution is -2.38. The molecule has 39 heavy (non-hydrogen) atoms. The summed E-state index contributed by atoms with van der Waals surface area (Å²) in [5, 5.41) is 5.68. The molecule has 2 N–H and O–H groups in total. The number of nitrogens with one attached hydrogen (secondary N) is 2. The Morgan fingerprint density at radius 1 is 0.846 bits per heavy atom. The lowest BCUT2D eigenvalue weighted by atomic mass is 10.1. The Kier molecular flexibility index (Phi) is 8.83. The quantitative estimate of drug-likeness (QED) is 0.241. The van der Waals surface area contributed by atoms with Gasteiger partial charge in [-0.3, -0.25) is 13.9 Å². The summed E-state index contributed by atoms with van der Waals surface area (Å²) in [6.07, 6.45) is 0. The van der Waals surface area contributed by atoms with Gasteiger partial charge in [-0.25, -0.2) is 8.42 Å². The topological polar surface area (TPSA) is 95.6 Å². The molecule has 0 unspecified atom stereocenters. The number of sulfonamides is 1. The van der Waals surface area contributed by atoms with Crippen LogP contribution >= 0.6 is 15.9 Å². The van der Waals surface area contributed by atoms with E-state index in [0.717, 1.165) is 19.9 Å². The molecule has 4 aromatic carbocycles. The van der Waals surface area contributed by atoms with Crippen LogP contribution in [0.15, 0.2) is 112 Å². The summed E-state index contributed by atoms with van der Waals surface area (Å²) in [7, 11) is -4.07. The fourth-order valence-corrected chi connectivity index (χ4v) is 5.65. The van der Waals surface area contributed by atoms with Gasteiger partial charge in [-0.05, 0) is 67.9 Å². The second-order valence-corrected chi connectivity index (χ2v) is 11.8. The first-order valence-electron chi connectivity index (χ1n) is 12.2. The van der Waals surface area contributed by atoms with Gasteiger partial charge >= 0.3 is 0 Å². The number of benzene rings is 4. The van der Waals surface area contributed by atoms with E-state index in [1.165, 1.54) is 12.1 Å². The van der Waals surface area contributed by atoms with Crippen molar-refractivity contribution in [2.24, 2.45) is 0 Å². The molecule has 7 nitrogen and oxygen atoms in total. The van der Waals surface area contributed by atoms with Gasteiger partial charge in [0, 0.05) is 4.47 Å². The van der Waals surface area contributed by atoms with Crippen LogP contribution in [0.5, 0.6) is 0 Å². The van der Waals surface area contributed by atoms with Crippen LogP contribution in [0.2, 0.25) is 0 Å². The highest BCUT2D eigenvalue weighted by Crippen LogP contribution is 2.26. The Hall–Kier alpha value is -3.95. The van der Waals surface area contributed by atoms with Gasteiger partial charge in [-0.1, -0.05) is 76.1 Å². The average Bonchev–Trinajstić information content (AvgIpc) is 2.93. The zero-order valence-corrected chi connectivity index (χ0v) is 23.9. The number of halogens is 1. The normalized spacial score (nSPS) is 11.9. The molecule has 0 aliphatic carbocycles. The summed E-state index contributed by atoms with van der Waals surface area (Å²) in [6.45, 7) is 3.25. The van der Waals surface area contributed by atoms with Crippen LogP contribution in [0.4, 0.5) is 11.4 Å². The third kappa shape index (κ3) is 6.93. The molecule has 200 valence electrons. The predicted molar refractivity (Wildman–Crippen MR) is 157 cm³/mol. The van der Waals surface area contributed by atoms with Crippen molar-refractivity contribution >= 4 is 49.1 Å². The maximum atomic E-state index is 13.6. The smallest absolute Gasteiger partial charge is 0.264 e. The second kappa shape index (κ2) is 12.3. The number of amides is 2. The van der Waals surface area contributed by atoms with E-state index in [9.17, 15) is 18.0 Å². The molecule has 0 bridgehead atoms. The van der Waals surface area contributed by atoms with Crippen LogP contribution in [-0.4, -0.2) is 26.8 Å². The monoisotopic (exact) mass is 605 g/mol. The number of hydrogen-bond acceptors (Lipinski definition) is 4. The van der Waals surface area contributed by atoms with E-state index < -0.39 is 22.5 Å². The molecule has 0 aromatic heterocycles. The molecule has 1 atom stereocenters. The van der Waals surface area contributed by atoms with Gasteiger partial charge in [0.2, 0.25) is 5.91 Å². The molecule has 0 fully saturated rings. The number of rotatable bonds is 9. The highest BCUT2D eigenvalue weighted by atomic mass is 79.9. The Balaban J connectivity index is 1.57. The van der Waals surface area contributed by atoms with Gasteiger partial charge in [0.05, 0.1) is 27.9 Å². The van der Waals surface area contributed by atoms with Crippen LogP contribution in [-0.2, 0) is 14.8 Å². The summed E-state index contributed by atoms with van der Waals surface area (Å²) >= 11 is 3.36. The third-order valence-corrected chi connectivity index (χ3v) is 8.42. The van der Waals surface area contributed by atoms with Gasteiger partial charge < -0.3 is 10.6 Å². The molecule has 4 rings (SSSR count). The molecule has 0 aliphatic rings. The van der Waals surface area contributed by atoms with Crippen molar-refractivity contribution in [1.29, 1.82) is 0 Å². The standard InChI is InChI=1S/C30H28BrN3O4S/c1-21-12-18-26(19-13-21)39(37,38)34(25-16-14-24(31)15-17-25)20-29(35)33-28-11-7-6-10-27(28)30(36)32-22(2)23-8-4-3-5-9-23/h3-19,22H,20H2,1-2H3,(H,32,36)(H,33,35)/t22-/m1/s1. The van der Waals surface area contributed by atoms with Gasteiger partial charge in [-0.2, -0.15) is 0 Å². The first-order valence-corrected chi connectivity index (χ1v) is 14.5. The van der Waals surface area contributed by atoms with E-state index in [1.54, 1.807) is 60.7 Å². The zero-order valence-electron chi connectivity index (χ0n) is 21.5. The number of carbonyl (C=O) groups excluding carboxylic acids is 2. The van der Waals surface area contributed by atoms with Gasteiger partial charge in [0.25, 0.3) is 15.9 Å². The molecule has 9 heteroatoms. The van der Waals surface area contributed by atoms with Crippen molar-refractivity contribution in [2.45, 2.75) is 24.8 Å². The van der Waals surface area contributed by atoms with Gasteiger partial charge in [-0.15, -0.1) is 0 Å². The number of para-hydroxylation sites is 1. The van der Waals surface area contributed by atoms with Crippen molar-refractivity contribution in [1.82, 2.24) is 5.32 Å². The lowest BCUT2D eigenvalue weighted by Gasteiger charge is -2.24. The minimum Gasteiger partial charge on any atom is -0.345 e. The van der Waals surface area contributed by atoms with Crippen molar-refractivity contribution in [2.75, 3.05) is 16.2 Å². The Morgan fingerprint density at radius 2 is 1.46 bits per heavy atom. The number of hydrogen-bond donors (Lipinski definition) is 2. The van der Waals surface area contributed by atoms with E-state index in [1.807, 2.05) is 44.2 Å². The van der Waals surface area contributed by atoms with Crippen molar-refractivity contribution in [3.63, 3.8) is 0 Å². The summed E-state index contributed by atoms with van der Waals surface area (Å²) in [5.41, 5.74) is 2.74. The van der Waals surface area contributed by atoms with E-state index in [2.05, 4.69) is 26.6 Å². The number of aryl methyl sites for hydroxylation is 1. The Bertz CT molecular complexity index is 1560. The predicted octanol–water partition coefficient (Wildman–Crippen LogP) is 6.08. The zero-order chi connectivity index (χ0) is 28.0. The van der Waals surface area contributed by atoms with Gasteiger partial charge in [0.1, 0.15) is 6.54 Å². The molecule has 2 amide bonds. The molecule has 0 radical (unpaired) electrons. The molecule has 4 aromatic rings. The minimum atomic E-state index is -4.07. The van der Waals surface area contributed by atoms with E-state index >= 15 is 0 Å². The maximum Gasteiger partial charge on any atom is 0.264 e.